The number of amides is 1. The van der Waals surface area contributed by atoms with Gasteiger partial charge in [0.05, 0.1) is 11.4 Å². The number of hydrogen-bond donors (Lipinski definition) is 2. The average molecular weight is 410 g/mol. The minimum atomic E-state index is -0.356. The third-order valence-corrected chi connectivity index (χ3v) is 4.72. The second kappa shape index (κ2) is 9.54. The summed E-state index contributed by atoms with van der Waals surface area (Å²) in [6.45, 7) is 2.33. The zero-order valence-electron chi connectivity index (χ0n) is 17.1. The third kappa shape index (κ3) is 5.25. The quantitative estimate of drug-likeness (QED) is 0.339. The van der Waals surface area contributed by atoms with Crippen LogP contribution in [-0.2, 0) is 6.61 Å². The molecule has 0 fully saturated rings. The summed E-state index contributed by atoms with van der Waals surface area (Å²) in [6, 6.07) is 29.0. The molecule has 4 rings (SSSR count). The average Bonchev–Trinajstić information content (AvgIpc) is 3.33. The Bertz CT molecular complexity index is 1180. The standard InChI is InChI=1S/C25H22N4O2/c1-18(20-11-6-3-7-12-20)26-29-25(30)24-16-23(27-28-24)21-13-8-14-22(15-21)31-17-19-9-4-2-5-10-19/h2-16H,17H2,1H3,(H,27,28)(H,29,30)/b26-18-. The molecule has 154 valence electrons. The first kappa shape index (κ1) is 20.1. The summed E-state index contributed by atoms with van der Waals surface area (Å²) in [5, 5.41) is 11.2. The van der Waals surface area contributed by atoms with E-state index in [0.29, 0.717) is 18.0 Å². The molecule has 0 aliphatic carbocycles. The Labute approximate surface area is 180 Å². The summed E-state index contributed by atoms with van der Waals surface area (Å²) in [7, 11) is 0. The smallest absolute Gasteiger partial charge is 0.289 e. The van der Waals surface area contributed by atoms with Gasteiger partial charge in [-0.25, -0.2) is 5.43 Å². The molecule has 0 saturated heterocycles. The lowest BCUT2D eigenvalue weighted by atomic mass is 10.1. The van der Waals surface area contributed by atoms with Crippen molar-refractivity contribution in [3.8, 4) is 17.0 Å². The highest BCUT2D eigenvalue weighted by Crippen LogP contribution is 2.23. The van der Waals surface area contributed by atoms with Crippen LogP contribution >= 0.6 is 0 Å². The van der Waals surface area contributed by atoms with Crippen LogP contribution in [0.15, 0.2) is 96.1 Å². The van der Waals surface area contributed by atoms with Gasteiger partial charge in [0, 0.05) is 5.56 Å². The lowest BCUT2D eigenvalue weighted by molar-refractivity contribution is 0.0950. The van der Waals surface area contributed by atoms with Crippen LogP contribution in [0.25, 0.3) is 11.3 Å². The van der Waals surface area contributed by atoms with Crippen LogP contribution in [0.4, 0.5) is 0 Å². The van der Waals surface area contributed by atoms with Gasteiger partial charge in [0.25, 0.3) is 5.91 Å². The summed E-state index contributed by atoms with van der Waals surface area (Å²) < 4.78 is 5.88. The van der Waals surface area contributed by atoms with Crippen LogP contribution in [0.2, 0.25) is 0 Å². The molecule has 1 heterocycles. The molecule has 31 heavy (non-hydrogen) atoms. The van der Waals surface area contributed by atoms with Crippen molar-refractivity contribution in [2.45, 2.75) is 13.5 Å². The highest BCUT2D eigenvalue weighted by atomic mass is 16.5. The van der Waals surface area contributed by atoms with Crippen LogP contribution in [0.3, 0.4) is 0 Å². The van der Waals surface area contributed by atoms with Crippen molar-refractivity contribution in [2.75, 3.05) is 0 Å². The van der Waals surface area contributed by atoms with E-state index in [1.165, 1.54) is 0 Å². The number of aromatic amines is 1. The van der Waals surface area contributed by atoms with Gasteiger partial charge in [0.15, 0.2) is 0 Å². The highest BCUT2D eigenvalue weighted by molar-refractivity contribution is 6.00. The topological polar surface area (TPSA) is 79.4 Å². The third-order valence-electron chi connectivity index (χ3n) is 4.72. The molecule has 1 amide bonds. The van der Waals surface area contributed by atoms with Crippen LogP contribution in [0, 0.1) is 0 Å². The fourth-order valence-corrected chi connectivity index (χ4v) is 3.01. The maximum absolute atomic E-state index is 12.4. The summed E-state index contributed by atoms with van der Waals surface area (Å²) in [5.74, 6) is 0.379. The SMILES string of the molecule is C/C(=N/NC(=O)c1cc(-c2cccc(OCc3ccccc3)c2)n[nH]1)c1ccccc1. The highest BCUT2D eigenvalue weighted by Gasteiger charge is 2.11. The minimum absolute atomic E-state index is 0.329. The van der Waals surface area contributed by atoms with Crippen molar-refractivity contribution in [2.24, 2.45) is 5.10 Å². The second-order valence-electron chi connectivity index (χ2n) is 6.97. The molecular formula is C25H22N4O2. The molecule has 0 aliphatic rings. The normalized spacial score (nSPS) is 11.2. The zero-order valence-corrected chi connectivity index (χ0v) is 17.1. The van der Waals surface area contributed by atoms with E-state index in [2.05, 4.69) is 20.7 Å². The number of H-pyrrole nitrogens is 1. The van der Waals surface area contributed by atoms with Gasteiger partial charge in [-0.3, -0.25) is 9.89 Å². The molecule has 3 aromatic carbocycles. The van der Waals surface area contributed by atoms with Crippen LogP contribution in [-0.4, -0.2) is 21.8 Å². The Balaban J connectivity index is 1.41. The molecule has 6 nitrogen and oxygen atoms in total. The van der Waals surface area contributed by atoms with Crippen molar-refractivity contribution in [3.05, 3.63) is 108 Å². The van der Waals surface area contributed by atoms with Crippen molar-refractivity contribution in [1.29, 1.82) is 0 Å². The summed E-state index contributed by atoms with van der Waals surface area (Å²) >= 11 is 0. The maximum Gasteiger partial charge on any atom is 0.289 e. The van der Waals surface area contributed by atoms with E-state index in [9.17, 15) is 4.79 Å². The van der Waals surface area contributed by atoms with Crippen molar-refractivity contribution in [1.82, 2.24) is 15.6 Å². The molecule has 0 saturated carbocycles. The monoisotopic (exact) mass is 410 g/mol. The van der Waals surface area contributed by atoms with Gasteiger partial charge in [-0.05, 0) is 36.2 Å². The molecule has 6 heteroatoms. The Morgan fingerprint density at radius 2 is 1.71 bits per heavy atom. The molecule has 1 aromatic heterocycles. The fraction of sp³-hybridized carbons (Fsp3) is 0.0800. The first-order valence-corrected chi connectivity index (χ1v) is 9.91. The predicted molar refractivity (Wildman–Crippen MR) is 121 cm³/mol. The minimum Gasteiger partial charge on any atom is -0.489 e. The number of ether oxygens (including phenoxy) is 1. The molecule has 0 spiro atoms. The lowest BCUT2D eigenvalue weighted by Gasteiger charge is -2.07. The van der Waals surface area contributed by atoms with E-state index in [4.69, 9.17) is 4.74 Å². The van der Waals surface area contributed by atoms with Gasteiger partial charge in [-0.2, -0.15) is 10.2 Å². The molecule has 0 radical (unpaired) electrons. The Morgan fingerprint density at radius 1 is 0.968 bits per heavy atom. The fourth-order valence-electron chi connectivity index (χ4n) is 3.01. The number of aromatic nitrogens is 2. The number of rotatable bonds is 7. The van der Waals surface area contributed by atoms with Gasteiger partial charge in [0.2, 0.25) is 0 Å². The second-order valence-corrected chi connectivity index (χ2v) is 6.97. The van der Waals surface area contributed by atoms with E-state index >= 15 is 0 Å². The summed E-state index contributed by atoms with van der Waals surface area (Å²) in [5.41, 5.74) is 7.16. The molecular weight excluding hydrogens is 388 g/mol. The number of hydrogen-bond acceptors (Lipinski definition) is 4. The maximum atomic E-state index is 12.4. The van der Waals surface area contributed by atoms with E-state index in [-0.39, 0.29) is 5.91 Å². The predicted octanol–water partition coefficient (Wildman–Crippen LogP) is 4.81. The molecule has 0 aliphatic heterocycles. The zero-order chi connectivity index (χ0) is 21.5. The van der Waals surface area contributed by atoms with Gasteiger partial charge in [-0.1, -0.05) is 72.8 Å². The Hall–Kier alpha value is -4.19. The van der Waals surface area contributed by atoms with E-state index in [1.54, 1.807) is 6.07 Å². The van der Waals surface area contributed by atoms with Crippen molar-refractivity contribution in [3.63, 3.8) is 0 Å². The van der Waals surface area contributed by atoms with Gasteiger partial charge < -0.3 is 4.74 Å². The number of carbonyl (C=O) groups is 1. The number of nitrogens with one attached hydrogen (secondary N) is 2. The number of hydrazone groups is 1. The number of nitrogens with zero attached hydrogens (tertiary/aromatic N) is 2. The van der Waals surface area contributed by atoms with E-state index in [1.807, 2.05) is 91.9 Å². The molecule has 0 unspecified atom stereocenters. The number of benzene rings is 3. The van der Waals surface area contributed by atoms with Gasteiger partial charge in [-0.15, -0.1) is 0 Å². The summed E-state index contributed by atoms with van der Waals surface area (Å²) in [6.07, 6.45) is 0. The van der Waals surface area contributed by atoms with Crippen LogP contribution < -0.4 is 10.2 Å². The first-order valence-electron chi connectivity index (χ1n) is 9.91. The van der Waals surface area contributed by atoms with Crippen LogP contribution in [0.1, 0.15) is 28.5 Å². The summed E-state index contributed by atoms with van der Waals surface area (Å²) in [4.78, 5) is 12.4. The first-order chi connectivity index (χ1) is 15.2. The van der Waals surface area contributed by atoms with E-state index < -0.39 is 0 Å². The van der Waals surface area contributed by atoms with Crippen molar-refractivity contribution < 1.29 is 9.53 Å². The van der Waals surface area contributed by atoms with Crippen molar-refractivity contribution >= 4 is 11.6 Å². The number of carbonyl (C=O) groups excluding carboxylic acids is 1. The molecule has 4 aromatic rings. The lowest BCUT2D eigenvalue weighted by Crippen LogP contribution is -2.19. The van der Waals surface area contributed by atoms with Gasteiger partial charge in [0.1, 0.15) is 18.1 Å². The van der Waals surface area contributed by atoms with Crippen LogP contribution in [0.5, 0.6) is 5.75 Å². The van der Waals surface area contributed by atoms with E-state index in [0.717, 1.165) is 28.2 Å². The Kier molecular flexibility index (Phi) is 6.18. The molecule has 0 bridgehead atoms. The Morgan fingerprint density at radius 3 is 2.48 bits per heavy atom. The van der Waals surface area contributed by atoms with Gasteiger partial charge >= 0.3 is 0 Å². The molecule has 0 atom stereocenters. The largest absolute Gasteiger partial charge is 0.489 e. The molecule has 2 N–H and O–H groups in total.